The summed E-state index contributed by atoms with van der Waals surface area (Å²) in [7, 11) is -5.64. The monoisotopic (exact) mass is 358 g/mol. The van der Waals surface area contributed by atoms with E-state index in [0.29, 0.717) is 17.0 Å². The molecular formula is C13H17F3O4S2. The van der Waals surface area contributed by atoms with E-state index >= 15 is 0 Å². The van der Waals surface area contributed by atoms with E-state index in [4.69, 9.17) is 17.7 Å². The molecule has 9 heteroatoms. The van der Waals surface area contributed by atoms with Crippen molar-refractivity contribution in [3.05, 3.63) is 30.3 Å². The topological polar surface area (TPSA) is 66.4 Å². The lowest BCUT2D eigenvalue weighted by atomic mass is 10.3. The molecule has 2 rings (SSSR count). The second-order valence-corrected chi connectivity index (χ2v) is 8.01. The normalized spacial score (nSPS) is 22.0. The van der Waals surface area contributed by atoms with Gasteiger partial charge in [0.15, 0.2) is 15.0 Å². The Hall–Kier alpha value is -0.770. The first-order chi connectivity index (χ1) is 10.1. The molecule has 0 bridgehead atoms. The minimum Gasteiger partial charge on any atom is -0.741 e. The van der Waals surface area contributed by atoms with Gasteiger partial charge in [-0.25, -0.2) is 8.42 Å². The van der Waals surface area contributed by atoms with Gasteiger partial charge in [-0.2, -0.15) is 13.2 Å². The molecule has 1 aliphatic heterocycles. The fraction of sp³-hybridized carbons (Fsp3) is 0.538. The van der Waals surface area contributed by atoms with Crippen LogP contribution in [0, 0.1) is 0 Å². The van der Waals surface area contributed by atoms with Gasteiger partial charge in [0.1, 0.15) is 17.6 Å². The first-order valence-corrected chi connectivity index (χ1v) is 9.48. The number of rotatable bonds is 3. The summed E-state index contributed by atoms with van der Waals surface area (Å²) in [6.45, 7) is 2.94. The molecule has 2 unspecified atom stereocenters. The molecule has 126 valence electrons. The average molecular weight is 358 g/mol. The van der Waals surface area contributed by atoms with E-state index in [0.717, 1.165) is 6.61 Å². The Bertz CT molecular complexity index is 546. The third-order valence-corrected chi connectivity index (χ3v) is 5.84. The van der Waals surface area contributed by atoms with Crippen LogP contribution >= 0.6 is 0 Å². The molecule has 1 aliphatic rings. The van der Waals surface area contributed by atoms with Crippen molar-refractivity contribution in [1.82, 2.24) is 0 Å². The SMILES string of the molecule is CCOC1CC[S+](c2ccccc2)C1.O=S(=O)([O-])C(F)(F)F. The molecule has 1 fully saturated rings. The van der Waals surface area contributed by atoms with Crippen molar-refractivity contribution in [1.29, 1.82) is 0 Å². The predicted octanol–water partition coefficient (Wildman–Crippen LogP) is 2.52. The predicted molar refractivity (Wildman–Crippen MR) is 77.6 cm³/mol. The standard InChI is InChI=1S/C12H17OS.CHF3O3S/c1-2-13-11-8-9-14(10-11)12-6-4-3-5-7-12;2-1(3,4)8(5,6)7/h3-7,11H,2,8-10H2,1H3;(H,5,6,7)/q+1;/p-1. The summed E-state index contributed by atoms with van der Waals surface area (Å²) < 4.78 is 64.6. The van der Waals surface area contributed by atoms with Gasteiger partial charge in [0.25, 0.3) is 0 Å². The third-order valence-electron chi connectivity index (χ3n) is 2.84. The van der Waals surface area contributed by atoms with E-state index in [1.807, 2.05) is 0 Å². The zero-order valence-corrected chi connectivity index (χ0v) is 13.5. The fourth-order valence-corrected chi connectivity index (χ4v) is 4.25. The van der Waals surface area contributed by atoms with Gasteiger partial charge in [0.05, 0.1) is 0 Å². The van der Waals surface area contributed by atoms with Crippen molar-refractivity contribution in [3.8, 4) is 0 Å². The third kappa shape index (κ3) is 6.15. The number of benzene rings is 1. The molecule has 0 N–H and O–H groups in total. The maximum atomic E-state index is 10.7. The highest BCUT2D eigenvalue weighted by atomic mass is 32.2. The van der Waals surface area contributed by atoms with Crippen molar-refractivity contribution >= 4 is 21.0 Å². The second-order valence-electron chi connectivity index (χ2n) is 4.44. The van der Waals surface area contributed by atoms with E-state index in [1.54, 1.807) is 0 Å². The zero-order valence-electron chi connectivity index (χ0n) is 11.9. The zero-order chi connectivity index (χ0) is 16.8. The van der Waals surface area contributed by atoms with Crippen LogP contribution in [0.1, 0.15) is 13.3 Å². The van der Waals surface area contributed by atoms with Crippen LogP contribution in [0.5, 0.6) is 0 Å². The molecule has 1 aromatic rings. The van der Waals surface area contributed by atoms with Crippen LogP contribution in [0.25, 0.3) is 0 Å². The van der Waals surface area contributed by atoms with Crippen LogP contribution < -0.4 is 0 Å². The molecule has 0 amide bonds. The molecule has 4 nitrogen and oxygen atoms in total. The first-order valence-electron chi connectivity index (χ1n) is 6.51. The lowest BCUT2D eigenvalue weighted by Crippen LogP contribution is -2.21. The fourth-order valence-electron chi connectivity index (χ4n) is 1.86. The van der Waals surface area contributed by atoms with E-state index in [1.165, 1.54) is 22.8 Å². The van der Waals surface area contributed by atoms with Gasteiger partial charge in [0, 0.05) is 23.9 Å². The summed E-state index contributed by atoms with van der Waals surface area (Å²) in [5, 5.41) is 0. The summed E-state index contributed by atoms with van der Waals surface area (Å²) in [5.41, 5.74) is -5.65. The van der Waals surface area contributed by atoms with Crippen molar-refractivity contribution < 1.29 is 30.9 Å². The van der Waals surface area contributed by atoms with Crippen LogP contribution in [-0.2, 0) is 25.7 Å². The maximum Gasteiger partial charge on any atom is 0.485 e. The first kappa shape index (κ1) is 19.3. The lowest BCUT2D eigenvalue weighted by molar-refractivity contribution is -0.0517. The minimum absolute atomic E-state index is 0.453. The van der Waals surface area contributed by atoms with Crippen LogP contribution in [-0.4, -0.2) is 42.7 Å². The van der Waals surface area contributed by atoms with Crippen LogP contribution in [0.2, 0.25) is 0 Å². The van der Waals surface area contributed by atoms with E-state index in [9.17, 15) is 13.2 Å². The molecule has 1 saturated heterocycles. The number of alkyl halides is 3. The Morgan fingerprint density at radius 2 is 1.86 bits per heavy atom. The average Bonchev–Trinajstić information content (AvgIpc) is 2.87. The molecule has 0 spiro atoms. The van der Waals surface area contributed by atoms with Gasteiger partial charge in [-0.3, -0.25) is 0 Å². The van der Waals surface area contributed by atoms with Crippen molar-refractivity contribution in [2.45, 2.75) is 29.9 Å². The Labute approximate surface area is 130 Å². The Kier molecular flexibility index (Phi) is 7.17. The quantitative estimate of drug-likeness (QED) is 0.473. The minimum atomic E-state index is -6.09. The maximum absolute atomic E-state index is 10.7. The highest BCUT2D eigenvalue weighted by molar-refractivity contribution is 7.97. The van der Waals surface area contributed by atoms with Gasteiger partial charge in [-0.15, -0.1) is 0 Å². The van der Waals surface area contributed by atoms with Crippen molar-refractivity contribution in [3.63, 3.8) is 0 Å². The van der Waals surface area contributed by atoms with E-state index in [-0.39, 0.29) is 0 Å². The van der Waals surface area contributed by atoms with Crippen LogP contribution in [0.4, 0.5) is 13.2 Å². The van der Waals surface area contributed by atoms with Gasteiger partial charge in [-0.05, 0) is 19.1 Å². The number of hydrogen-bond donors (Lipinski definition) is 0. The Balaban J connectivity index is 0.000000261. The highest BCUT2D eigenvalue weighted by Crippen LogP contribution is 2.24. The molecule has 1 heterocycles. The number of halogens is 3. The molecule has 1 aromatic carbocycles. The summed E-state index contributed by atoms with van der Waals surface area (Å²) in [4.78, 5) is 1.51. The van der Waals surface area contributed by atoms with Gasteiger partial charge >= 0.3 is 5.51 Å². The molecule has 0 radical (unpaired) electrons. The summed E-state index contributed by atoms with van der Waals surface area (Å²) in [6, 6.07) is 10.9. The largest absolute Gasteiger partial charge is 0.741 e. The number of ether oxygens (including phenoxy) is 1. The molecule has 0 aromatic heterocycles. The van der Waals surface area contributed by atoms with E-state index < -0.39 is 15.6 Å². The summed E-state index contributed by atoms with van der Waals surface area (Å²) >= 11 is 0. The molecule has 22 heavy (non-hydrogen) atoms. The molecular weight excluding hydrogens is 341 g/mol. The summed E-state index contributed by atoms with van der Waals surface area (Å²) in [5.74, 6) is 2.55. The molecule has 2 atom stereocenters. The summed E-state index contributed by atoms with van der Waals surface area (Å²) in [6.07, 6.45) is 1.76. The highest BCUT2D eigenvalue weighted by Gasteiger charge is 2.37. The molecule has 0 saturated carbocycles. The van der Waals surface area contributed by atoms with Crippen molar-refractivity contribution in [2.75, 3.05) is 18.1 Å². The lowest BCUT2D eigenvalue weighted by Gasteiger charge is -2.08. The van der Waals surface area contributed by atoms with Crippen LogP contribution in [0.15, 0.2) is 35.2 Å². The van der Waals surface area contributed by atoms with Crippen LogP contribution in [0.3, 0.4) is 0 Å². The van der Waals surface area contributed by atoms with Gasteiger partial charge in [0.2, 0.25) is 0 Å². The Morgan fingerprint density at radius 3 is 2.32 bits per heavy atom. The second kappa shape index (κ2) is 8.19. The van der Waals surface area contributed by atoms with Gasteiger partial charge < -0.3 is 9.29 Å². The Morgan fingerprint density at radius 1 is 1.32 bits per heavy atom. The van der Waals surface area contributed by atoms with E-state index in [2.05, 4.69) is 37.3 Å². The van der Waals surface area contributed by atoms with Gasteiger partial charge in [-0.1, -0.05) is 18.2 Å². The number of hydrogen-bond acceptors (Lipinski definition) is 4. The van der Waals surface area contributed by atoms with Crippen molar-refractivity contribution in [2.24, 2.45) is 0 Å². The molecule has 0 aliphatic carbocycles. The smallest absolute Gasteiger partial charge is 0.485 e.